The smallest absolute Gasteiger partial charge is 0.161 e. The van der Waals surface area contributed by atoms with Crippen LogP contribution in [0.4, 0.5) is 0 Å². The molecule has 0 aliphatic heterocycles. The van der Waals surface area contributed by atoms with Gasteiger partial charge < -0.3 is 9.52 Å². The van der Waals surface area contributed by atoms with Gasteiger partial charge in [0.15, 0.2) is 5.78 Å². The molecule has 1 aromatic rings. The molecule has 0 bridgehead atoms. The highest BCUT2D eigenvalue weighted by Crippen LogP contribution is 2.64. The summed E-state index contributed by atoms with van der Waals surface area (Å²) in [6, 6.07) is 1.97. The van der Waals surface area contributed by atoms with Crippen molar-refractivity contribution in [3.63, 3.8) is 0 Å². The number of allylic oxidation sites excluding steroid dienone is 3. The van der Waals surface area contributed by atoms with E-state index >= 15 is 0 Å². The van der Waals surface area contributed by atoms with Crippen molar-refractivity contribution in [1.29, 1.82) is 0 Å². The molecule has 1 N–H and O–H groups in total. The second-order valence-electron chi connectivity index (χ2n) is 10.0. The van der Waals surface area contributed by atoms with Crippen molar-refractivity contribution in [2.75, 3.05) is 0 Å². The summed E-state index contributed by atoms with van der Waals surface area (Å²) in [5, 5.41) is 11.1. The van der Waals surface area contributed by atoms with Gasteiger partial charge in [-0.2, -0.15) is 0 Å². The Morgan fingerprint density at radius 3 is 2.75 bits per heavy atom. The molecular formula is C24H28O4. The molecular weight excluding hydrogens is 352 g/mol. The molecule has 0 aromatic carbocycles. The number of hydrogen-bond acceptors (Lipinski definition) is 4. The molecule has 28 heavy (non-hydrogen) atoms. The monoisotopic (exact) mass is 380 g/mol. The van der Waals surface area contributed by atoms with Crippen LogP contribution in [0.2, 0.25) is 0 Å². The van der Waals surface area contributed by atoms with E-state index in [-0.39, 0.29) is 40.7 Å². The third kappa shape index (κ3) is 2.27. The zero-order valence-electron chi connectivity index (χ0n) is 16.8. The Hall–Kier alpha value is -1.94. The Morgan fingerprint density at radius 1 is 1.25 bits per heavy atom. The SMILES string of the molecule is CC1=C(C2(C)C[C@@H]3CC(=O)C4C=CC(=O)C(C)(C2)C43)C(O)C[C@H]1c1ccoc1. The molecule has 0 saturated heterocycles. The van der Waals surface area contributed by atoms with Crippen LogP contribution in [0.25, 0.3) is 0 Å². The van der Waals surface area contributed by atoms with E-state index < -0.39 is 11.5 Å². The molecule has 2 saturated carbocycles. The Morgan fingerprint density at radius 2 is 2.04 bits per heavy atom. The van der Waals surface area contributed by atoms with E-state index in [1.807, 2.05) is 12.1 Å². The fraction of sp³-hybridized carbons (Fsp3) is 0.583. The number of Topliss-reactive ketones (excluding diaryl/α,β-unsaturated/α-hetero) is 1. The summed E-state index contributed by atoms with van der Waals surface area (Å²) in [6.07, 6.45) is 9.24. The molecule has 1 heterocycles. The molecule has 4 heteroatoms. The van der Waals surface area contributed by atoms with Crippen LogP contribution < -0.4 is 0 Å². The third-order valence-electron chi connectivity index (χ3n) is 8.29. The molecule has 5 rings (SSSR count). The first-order valence-corrected chi connectivity index (χ1v) is 10.4. The van der Waals surface area contributed by atoms with E-state index in [0.29, 0.717) is 19.3 Å². The molecule has 4 aliphatic rings. The standard InChI is InChI=1S/C24H28O4/c1-13-17(14-6-7-28-11-14)9-19(26)21(13)23(2)10-15-8-18(25)16-4-5-20(27)24(3,12-23)22(15)16/h4-7,11,15-17,19,22,26H,8-10,12H2,1-3H3/t15-,16?,17+,19?,22?,23?,24?/m0/s1. The first kappa shape index (κ1) is 18.1. The van der Waals surface area contributed by atoms with Crippen LogP contribution in [0, 0.1) is 28.6 Å². The topological polar surface area (TPSA) is 67.5 Å². The Kier molecular flexibility index (Phi) is 3.74. The van der Waals surface area contributed by atoms with Gasteiger partial charge in [-0.15, -0.1) is 0 Å². The molecule has 0 radical (unpaired) electrons. The van der Waals surface area contributed by atoms with Crippen molar-refractivity contribution in [1.82, 2.24) is 0 Å². The predicted molar refractivity (Wildman–Crippen MR) is 104 cm³/mol. The lowest BCUT2D eigenvalue weighted by Gasteiger charge is -2.53. The second kappa shape index (κ2) is 5.79. The minimum atomic E-state index is -0.524. The van der Waals surface area contributed by atoms with Gasteiger partial charge in [0, 0.05) is 23.7 Å². The Bertz CT molecular complexity index is 907. The highest BCUT2D eigenvalue weighted by molar-refractivity contribution is 6.00. The van der Waals surface area contributed by atoms with E-state index in [1.165, 1.54) is 5.57 Å². The summed E-state index contributed by atoms with van der Waals surface area (Å²) in [6.45, 7) is 6.38. The zero-order chi connectivity index (χ0) is 19.8. The number of aliphatic hydroxyl groups is 1. The molecule has 7 atom stereocenters. The van der Waals surface area contributed by atoms with Crippen molar-refractivity contribution in [3.8, 4) is 0 Å². The molecule has 4 nitrogen and oxygen atoms in total. The fourth-order valence-electron chi connectivity index (χ4n) is 7.48. The van der Waals surface area contributed by atoms with Gasteiger partial charge in [-0.25, -0.2) is 0 Å². The molecule has 2 fully saturated rings. The number of carbonyl (C=O) groups excluding carboxylic acids is 2. The predicted octanol–water partition coefficient (Wildman–Crippen LogP) is 4.21. The van der Waals surface area contributed by atoms with E-state index in [9.17, 15) is 14.7 Å². The maximum absolute atomic E-state index is 13.0. The van der Waals surface area contributed by atoms with Gasteiger partial charge in [-0.05, 0) is 66.7 Å². The third-order valence-corrected chi connectivity index (χ3v) is 8.29. The lowest BCUT2D eigenvalue weighted by molar-refractivity contribution is -0.136. The molecule has 0 amide bonds. The lowest BCUT2D eigenvalue weighted by atomic mass is 9.49. The highest BCUT2D eigenvalue weighted by Gasteiger charge is 2.62. The number of carbonyl (C=O) groups is 2. The van der Waals surface area contributed by atoms with Gasteiger partial charge >= 0.3 is 0 Å². The molecule has 1 aromatic heterocycles. The first-order chi connectivity index (χ1) is 13.2. The molecule has 148 valence electrons. The maximum atomic E-state index is 13.0. The van der Waals surface area contributed by atoms with Gasteiger partial charge in [-0.3, -0.25) is 9.59 Å². The van der Waals surface area contributed by atoms with E-state index in [1.54, 1.807) is 18.6 Å². The largest absolute Gasteiger partial charge is 0.472 e. The van der Waals surface area contributed by atoms with Crippen LogP contribution in [0.3, 0.4) is 0 Å². The number of ketones is 2. The van der Waals surface area contributed by atoms with E-state index in [0.717, 1.165) is 17.6 Å². The van der Waals surface area contributed by atoms with Crippen molar-refractivity contribution >= 4 is 11.6 Å². The van der Waals surface area contributed by atoms with Crippen molar-refractivity contribution < 1.29 is 19.1 Å². The first-order valence-electron chi connectivity index (χ1n) is 10.4. The molecule has 4 aliphatic carbocycles. The van der Waals surface area contributed by atoms with Crippen LogP contribution >= 0.6 is 0 Å². The summed E-state index contributed by atoms with van der Waals surface area (Å²) < 4.78 is 5.27. The number of rotatable bonds is 2. The zero-order valence-corrected chi connectivity index (χ0v) is 16.8. The van der Waals surface area contributed by atoms with E-state index in [4.69, 9.17) is 4.42 Å². The summed E-state index contributed by atoms with van der Waals surface area (Å²) in [7, 11) is 0. The van der Waals surface area contributed by atoms with Crippen molar-refractivity contribution in [3.05, 3.63) is 47.5 Å². The van der Waals surface area contributed by atoms with E-state index in [2.05, 4.69) is 20.8 Å². The summed E-state index contributed by atoms with van der Waals surface area (Å²) >= 11 is 0. The average Bonchev–Trinajstić information content (AvgIpc) is 3.30. The highest BCUT2D eigenvalue weighted by atomic mass is 16.3. The van der Waals surface area contributed by atoms with Crippen LogP contribution in [-0.2, 0) is 9.59 Å². The number of hydrogen-bond donors (Lipinski definition) is 1. The summed E-state index contributed by atoms with van der Waals surface area (Å²) in [5.41, 5.74) is 2.61. The van der Waals surface area contributed by atoms with Crippen LogP contribution in [0.15, 0.2) is 46.3 Å². The minimum absolute atomic E-state index is 0.0977. The van der Waals surface area contributed by atoms with Gasteiger partial charge in [0.2, 0.25) is 0 Å². The second-order valence-corrected chi connectivity index (χ2v) is 10.0. The van der Waals surface area contributed by atoms with Gasteiger partial charge in [-0.1, -0.05) is 25.5 Å². The number of furan rings is 1. The normalized spacial score (nSPS) is 45.1. The van der Waals surface area contributed by atoms with Gasteiger partial charge in [0.25, 0.3) is 0 Å². The van der Waals surface area contributed by atoms with Crippen molar-refractivity contribution in [2.24, 2.45) is 28.6 Å². The van der Waals surface area contributed by atoms with Crippen LogP contribution in [0.5, 0.6) is 0 Å². The lowest BCUT2D eigenvalue weighted by Crippen LogP contribution is -2.51. The average molecular weight is 380 g/mol. The molecule has 5 unspecified atom stereocenters. The maximum Gasteiger partial charge on any atom is 0.161 e. The molecule has 0 spiro atoms. The minimum Gasteiger partial charge on any atom is -0.472 e. The summed E-state index contributed by atoms with van der Waals surface area (Å²) in [5.74, 6) is 0.829. The Balaban J connectivity index is 1.58. The van der Waals surface area contributed by atoms with Crippen LogP contribution in [-0.4, -0.2) is 22.8 Å². The Labute approximate surface area is 165 Å². The quantitative estimate of drug-likeness (QED) is 0.781. The van der Waals surface area contributed by atoms with Gasteiger partial charge in [0.05, 0.1) is 18.6 Å². The van der Waals surface area contributed by atoms with Crippen LogP contribution in [0.1, 0.15) is 57.9 Å². The fourth-order valence-corrected chi connectivity index (χ4v) is 7.48. The number of aliphatic hydroxyl groups excluding tert-OH is 1. The van der Waals surface area contributed by atoms with Gasteiger partial charge in [0.1, 0.15) is 5.78 Å². The summed E-state index contributed by atoms with van der Waals surface area (Å²) in [4.78, 5) is 25.6. The van der Waals surface area contributed by atoms with Crippen molar-refractivity contribution in [2.45, 2.75) is 58.5 Å².